The predicted octanol–water partition coefficient (Wildman–Crippen LogP) is 4.66. The Morgan fingerprint density at radius 3 is 2.40 bits per heavy atom. The summed E-state index contributed by atoms with van der Waals surface area (Å²) in [4.78, 5) is 13.4. The second-order valence-electron chi connectivity index (χ2n) is 7.71. The van der Waals surface area contributed by atoms with E-state index in [1.165, 1.54) is 4.90 Å². The second-order valence-corrected chi connectivity index (χ2v) is 7.71. The van der Waals surface area contributed by atoms with Gasteiger partial charge in [-0.15, -0.1) is 0 Å². The van der Waals surface area contributed by atoms with Crippen LogP contribution in [0.5, 0.6) is 0 Å². The van der Waals surface area contributed by atoms with Crippen molar-refractivity contribution in [2.45, 2.75) is 43.6 Å². The van der Waals surface area contributed by atoms with E-state index in [9.17, 15) is 23.1 Å². The molecule has 0 radical (unpaired) electrons. The fourth-order valence-electron chi connectivity index (χ4n) is 4.51. The van der Waals surface area contributed by atoms with Gasteiger partial charge in [-0.2, -0.15) is 0 Å². The van der Waals surface area contributed by atoms with Crippen molar-refractivity contribution >= 4 is 6.09 Å². The molecule has 1 aliphatic carbocycles. The number of hydrogen-bond acceptors (Lipinski definition) is 3. The van der Waals surface area contributed by atoms with E-state index >= 15 is 0 Å². The van der Waals surface area contributed by atoms with E-state index < -0.39 is 41.3 Å². The molecule has 1 spiro atoms. The Hall–Kier alpha value is -2.58. The summed E-state index contributed by atoms with van der Waals surface area (Å²) in [6, 6.07) is 9.61. The summed E-state index contributed by atoms with van der Waals surface area (Å²) in [5.74, 6) is -4.94. The minimum atomic E-state index is -1.28. The van der Waals surface area contributed by atoms with Gasteiger partial charge < -0.3 is 19.5 Å². The van der Waals surface area contributed by atoms with Gasteiger partial charge in [0.2, 0.25) is 0 Å². The van der Waals surface area contributed by atoms with Gasteiger partial charge in [0.25, 0.3) is 0 Å². The van der Waals surface area contributed by atoms with Gasteiger partial charge in [-0.3, -0.25) is 0 Å². The van der Waals surface area contributed by atoms with Gasteiger partial charge in [0.1, 0.15) is 5.82 Å². The van der Waals surface area contributed by atoms with E-state index in [-0.39, 0.29) is 18.5 Å². The molecule has 1 heterocycles. The average Bonchev–Trinajstić information content (AvgIpc) is 3.17. The lowest BCUT2D eigenvalue weighted by molar-refractivity contribution is -0.191. The first kappa shape index (κ1) is 20.7. The highest BCUT2D eigenvalue weighted by Gasteiger charge is 2.49. The number of amides is 1. The van der Waals surface area contributed by atoms with Crippen LogP contribution in [-0.4, -0.2) is 41.1 Å². The van der Waals surface area contributed by atoms with Crippen LogP contribution in [0, 0.1) is 17.5 Å². The maximum Gasteiger partial charge on any atom is 0.407 e. The SMILES string of the molecule is O=C(O)N(Cc1ccccc1)[C@H]1CC2(CC[C@@H]1c1cc(F)c(F)cc1F)OCCO2. The van der Waals surface area contributed by atoms with Crippen molar-refractivity contribution in [2.24, 2.45) is 0 Å². The molecule has 1 amide bonds. The number of halogens is 3. The first-order chi connectivity index (χ1) is 14.4. The number of hydrogen-bond donors (Lipinski definition) is 1. The van der Waals surface area contributed by atoms with E-state index in [4.69, 9.17) is 9.47 Å². The minimum Gasteiger partial charge on any atom is -0.465 e. The smallest absolute Gasteiger partial charge is 0.407 e. The van der Waals surface area contributed by atoms with Crippen LogP contribution in [0.4, 0.5) is 18.0 Å². The number of benzene rings is 2. The Kier molecular flexibility index (Phi) is 5.71. The summed E-state index contributed by atoms with van der Waals surface area (Å²) in [6.07, 6.45) is -0.293. The van der Waals surface area contributed by atoms with Gasteiger partial charge in [0, 0.05) is 37.4 Å². The largest absolute Gasteiger partial charge is 0.465 e. The Morgan fingerprint density at radius 2 is 1.73 bits per heavy atom. The van der Waals surface area contributed by atoms with E-state index in [1.807, 2.05) is 6.07 Å². The summed E-state index contributed by atoms with van der Waals surface area (Å²) >= 11 is 0. The molecule has 2 aromatic carbocycles. The standard InChI is InChI=1S/C22H22F3NO4/c23-17-11-19(25)18(24)10-16(17)15-6-7-22(29-8-9-30-22)12-20(15)26(21(27)28)13-14-4-2-1-3-5-14/h1-5,10-11,15,20H,6-9,12-13H2,(H,27,28)/t15-,20+/m1/s1. The number of carbonyl (C=O) groups is 1. The molecular weight excluding hydrogens is 399 g/mol. The van der Waals surface area contributed by atoms with Crippen LogP contribution >= 0.6 is 0 Å². The predicted molar refractivity (Wildman–Crippen MR) is 101 cm³/mol. The molecule has 4 rings (SSSR count). The molecule has 30 heavy (non-hydrogen) atoms. The van der Waals surface area contributed by atoms with Gasteiger partial charge in [0.05, 0.1) is 13.2 Å². The van der Waals surface area contributed by atoms with Crippen LogP contribution in [0.25, 0.3) is 0 Å². The summed E-state index contributed by atoms with van der Waals surface area (Å²) < 4.78 is 53.6. The Labute approximate surface area is 172 Å². The van der Waals surface area contributed by atoms with E-state index in [0.717, 1.165) is 11.6 Å². The quantitative estimate of drug-likeness (QED) is 0.730. The summed E-state index contributed by atoms with van der Waals surface area (Å²) in [7, 11) is 0. The molecule has 1 saturated carbocycles. The maximum absolute atomic E-state index is 14.6. The van der Waals surface area contributed by atoms with Crippen LogP contribution in [0.1, 0.15) is 36.3 Å². The normalized spacial score (nSPS) is 22.9. The fourth-order valence-corrected chi connectivity index (χ4v) is 4.51. The molecule has 5 nitrogen and oxygen atoms in total. The molecule has 0 aromatic heterocycles. The number of ether oxygens (including phenoxy) is 2. The van der Waals surface area contributed by atoms with Crippen LogP contribution in [0.3, 0.4) is 0 Å². The lowest BCUT2D eigenvalue weighted by Gasteiger charge is -2.45. The zero-order chi connectivity index (χ0) is 21.3. The van der Waals surface area contributed by atoms with Crippen molar-refractivity contribution in [1.82, 2.24) is 4.90 Å². The molecule has 1 N–H and O–H groups in total. The summed E-state index contributed by atoms with van der Waals surface area (Å²) in [6.45, 7) is 0.851. The second kappa shape index (κ2) is 8.28. The lowest BCUT2D eigenvalue weighted by atomic mass is 9.76. The molecular formula is C22H22F3NO4. The third kappa shape index (κ3) is 4.02. The van der Waals surface area contributed by atoms with Crippen molar-refractivity contribution in [3.8, 4) is 0 Å². The maximum atomic E-state index is 14.6. The van der Waals surface area contributed by atoms with Crippen LogP contribution in [0.15, 0.2) is 42.5 Å². The van der Waals surface area contributed by atoms with Crippen molar-refractivity contribution in [3.63, 3.8) is 0 Å². The third-order valence-electron chi connectivity index (χ3n) is 5.92. The molecule has 2 atom stereocenters. The molecule has 8 heteroatoms. The minimum absolute atomic E-state index is 0.0361. The van der Waals surface area contributed by atoms with Crippen molar-refractivity contribution in [1.29, 1.82) is 0 Å². The van der Waals surface area contributed by atoms with Crippen LogP contribution in [0.2, 0.25) is 0 Å². The topological polar surface area (TPSA) is 59.0 Å². The molecule has 1 aliphatic heterocycles. The molecule has 160 valence electrons. The molecule has 2 fully saturated rings. The van der Waals surface area contributed by atoms with E-state index in [0.29, 0.717) is 32.1 Å². The molecule has 0 unspecified atom stereocenters. The number of rotatable bonds is 4. The molecule has 2 aromatic rings. The van der Waals surface area contributed by atoms with Crippen molar-refractivity contribution < 1.29 is 32.5 Å². The third-order valence-corrected chi connectivity index (χ3v) is 5.92. The number of nitrogens with zero attached hydrogens (tertiary/aromatic N) is 1. The Bertz CT molecular complexity index is 918. The highest BCUT2D eigenvalue weighted by Crippen LogP contribution is 2.45. The van der Waals surface area contributed by atoms with E-state index in [1.54, 1.807) is 24.3 Å². The first-order valence-corrected chi connectivity index (χ1v) is 9.84. The zero-order valence-electron chi connectivity index (χ0n) is 16.2. The number of carboxylic acid groups (broad SMARTS) is 1. The van der Waals surface area contributed by atoms with Gasteiger partial charge in [-0.25, -0.2) is 18.0 Å². The molecule has 0 bridgehead atoms. The summed E-state index contributed by atoms with van der Waals surface area (Å²) in [5, 5.41) is 9.97. The fraction of sp³-hybridized carbons (Fsp3) is 0.409. The highest BCUT2D eigenvalue weighted by molar-refractivity contribution is 5.66. The molecule has 1 saturated heterocycles. The van der Waals surface area contributed by atoms with Crippen molar-refractivity contribution in [2.75, 3.05) is 13.2 Å². The molecule has 2 aliphatic rings. The Morgan fingerprint density at radius 1 is 1.07 bits per heavy atom. The first-order valence-electron chi connectivity index (χ1n) is 9.84. The zero-order valence-corrected chi connectivity index (χ0v) is 16.2. The van der Waals surface area contributed by atoms with Crippen LogP contribution < -0.4 is 0 Å². The highest BCUT2D eigenvalue weighted by atomic mass is 19.2. The van der Waals surface area contributed by atoms with E-state index in [2.05, 4.69) is 0 Å². The van der Waals surface area contributed by atoms with Crippen molar-refractivity contribution in [3.05, 3.63) is 71.0 Å². The average molecular weight is 421 g/mol. The van der Waals surface area contributed by atoms with Gasteiger partial charge >= 0.3 is 6.09 Å². The Balaban J connectivity index is 1.72. The lowest BCUT2D eigenvalue weighted by Crippen LogP contribution is -2.51. The van der Waals surface area contributed by atoms with Gasteiger partial charge in [0.15, 0.2) is 17.4 Å². The van der Waals surface area contributed by atoms with Gasteiger partial charge in [-0.1, -0.05) is 30.3 Å². The van der Waals surface area contributed by atoms with Gasteiger partial charge in [-0.05, 0) is 23.6 Å². The summed E-state index contributed by atoms with van der Waals surface area (Å²) in [5.41, 5.74) is 0.725. The monoisotopic (exact) mass is 421 g/mol. The van der Waals surface area contributed by atoms with Crippen LogP contribution in [-0.2, 0) is 16.0 Å².